The van der Waals surface area contributed by atoms with Gasteiger partial charge < -0.3 is 10.6 Å². The van der Waals surface area contributed by atoms with Crippen molar-refractivity contribution in [1.29, 1.82) is 0 Å². The van der Waals surface area contributed by atoms with E-state index in [9.17, 15) is 9.59 Å². The number of nitrogens with one attached hydrogen (secondary N) is 2. The molecule has 0 fully saturated rings. The molecule has 0 aromatic heterocycles. The molecule has 2 N–H and O–H groups in total. The first-order valence-electron chi connectivity index (χ1n) is 7.81. The number of hydrogen-bond donors (Lipinski definition) is 2. The molecule has 0 heterocycles. The van der Waals surface area contributed by atoms with Crippen molar-refractivity contribution in [1.82, 2.24) is 5.32 Å². The Morgan fingerprint density at radius 2 is 1.60 bits per heavy atom. The van der Waals surface area contributed by atoms with Gasteiger partial charge in [0, 0.05) is 6.54 Å². The monoisotopic (exact) mass is 378 g/mol. The second kappa shape index (κ2) is 7.89. The summed E-state index contributed by atoms with van der Waals surface area (Å²) in [5.74, 6) is -0.862. The van der Waals surface area contributed by atoms with E-state index in [4.69, 9.17) is 23.2 Å². The number of aryl methyl sites for hydroxylation is 1. The van der Waals surface area contributed by atoms with Gasteiger partial charge in [0.1, 0.15) is 5.41 Å². The van der Waals surface area contributed by atoms with Gasteiger partial charge in [-0.25, -0.2) is 0 Å². The van der Waals surface area contributed by atoms with Crippen molar-refractivity contribution in [2.75, 3.05) is 5.32 Å². The first kappa shape index (κ1) is 19.3. The highest BCUT2D eigenvalue weighted by atomic mass is 35.5. The highest BCUT2D eigenvalue weighted by molar-refractivity contribution is 6.40. The quantitative estimate of drug-likeness (QED) is 0.747. The summed E-state index contributed by atoms with van der Waals surface area (Å²) in [6.07, 6.45) is 0. The zero-order valence-corrected chi connectivity index (χ0v) is 15.8. The number of para-hydroxylation sites is 1. The minimum atomic E-state index is -1.29. The Balaban J connectivity index is 2.06. The lowest BCUT2D eigenvalue weighted by Crippen LogP contribution is -2.45. The van der Waals surface area contributed by atoms with Crippen LogP contribution in [0.4, 0.5) is 5.69 Å². The maximum absolute atomic E-state index is 12.6. The molecular formula is C19H20Cl2N2O2. The predicted octanol–water partition coefficient (Wildman–Crippen LogP) is 4.58. The minimum absolute atomic E-state index is 0.301. The van der Waals surface area contributed by atoms with Gasteiger partial charge in [0.15, 0.2) is 0 Å². The van der Waals surface area contributed by atoms with Crippen LogP contribution in [0.25, 0.3) is 0 Å². The molecule has 0 atom stereocenters. The van der Waals surface area contributed by atoms with Crippen molar-refractivity contribution in [3.05, 3.63) is 63.6 Å². The molecule has 2 rings (SSSR count). The van der Waals surface area contributed by atoms with Crippen LogP contribution < -0.4 is 10.6 Å². The van der Waals surface area contributed by atoms with E-state index >= 15 is 0 Å². The Morgan fingerprint density at radius 3 is 2.20 bits per heavy atom. The van der Waals surface area contributed by atoms with Crippen LogP contribution in [0.3, 0.4) is 0 Å². The van der Waals surface area contributed by atoms with Crippen molar-refractivity contribution in [3.63, 3.8) is 0 Å². The summed E-state index contributed by atoms with van der Waals surface area (Å²) < 4.78 is 0. The molecule has 2 aromatic rings. The van der Waals surface area contributed by atoms with E-state index < -0.39 is 11.3 Å². The second-order valence-corrected chi connectivity index (χ2v) is 7.16. The Kier molecular flexibility index (Phi) is 6.09. The summed E-state index contributed by atoms with van der Waals surface area (Å²) in [6.45, 7) is 5.44. The van der Waals surface area contributed by atoms with Crippen molar-refractivity contribution in [3.8, 4) is 0 Å². The van der Waals surface area contributed by atoms with Crippen molar-refractivity contribution in [2.45, 2.75) is 27.3 Å². The number of rotatable bonds is 5. The summed E-state index contributed by atoms with van der Waals surface area (Å²) in [5.41, 5.74) is 1.10. The van der Waals surface area contributed by atoms with Crippen molar-refractivity contribution < 1.29 is 9.59 Å². The van der Waals surface area contributed by atoms with E-state index in [1.54, 1.807) is 32.0 Å². The lowest BCUT2D eigenvalue weighted by molar-refractivity contribution is -0.138. The molecule has 0 aliphatic rings. The Morgan fingerprint density at radius 1 is 1.00 bits per heavy atom. The van der Waals surface area contributed by atoms with Crippen molar-refractivity contribution in [2.24, 2.45) is 5.41 Å². The van der Waals surface area contributed by atoms with Gasteiger partial charge in [0.05, 0.1) is 15.7 Å². The van der Waals surface area contributed by atoms with E-state index in [-0.39, 0.29) is 5.91 Å². The number of amides is 2. The molecule has 25 heavy (non-hydrogen) atoms. The SMILES string of the molecule is Cc1cccc(CNC(=O)C(C)(C)C(=O)Nc2c(Cl)cccc2Cl)c1. The van der Waals surface area contributed by atoms with Crippen LogP contribution in [0.15, 0.2) is 42.5 Å². The molecule has 132 valence electrons. The highest BCUT2D eigenvalue weighted by Crippen LogP contribution is 2.31. The van der Waals surface area contributed by atoms with Crippen LogP contribution in [0.1, 0.15) is 25.0 Å². The fourth-order valence-electron chi connectivity index (χ4n) is 2.22. The molecule has 4 nitrogen and oxygen atoms in total. The topological polar surface area (TPSA) is 58.2 Å². The summed E-state index contributed by atoms with van der Waals surface area (Å²) in [6, 6.07) is 12.7. The van der Waals surface area contributed by atoms with Crippen LogP contribution in [0, 0.1) is 12.3 Å². The average molecular weight is 379 g/mol. The molecule has 0 unspecified atom stereocenters. The summed E-state index contributed by atoms with van der Waals surface area (Å²) in [4.78, 5) is 25.0. The first-order valence-corrected chi connectivity index (χ1v) is 8.56. The van der Waals surface area contributed by atoms with Crippen LogP contribution in [0.2, 0.25) is 10.0 Å². The molecule has 0 aliphatic heterocycles. The van der Waals surface area contributed by atoms with Gasteiger partial charge in [-0.05, 0) is 38.5 Å². The molecule has 0 bridgehead atoms. The molecule has 0 radical (unpaired) electrons. The highest BCUT2D eigenvalue weighted by Gasteiger charge is 2.36. The lowest BCUT2D eigenvalue weighted by atomic mass is 9.90. The third-order valence-corrected chi connectivity index (χ3v) is 4.50. The number of halogens is 2. The van der Waals surface area contributed by atoms with Gasteiger partial charge >= 0.3 is 0 Å². The third kappa shape index (κ3) is 4.74. The van der Waals surface area contributed by atoms with Crippen LogP contribution in [-0.4, -0.2) is 11.8 Å². The van der Waals surface area contributed by atoms with Gasteiger partial charge in [-0.2, -0.15) is 0 Å². The van der Waals surface area contributed by atoms with E-state index in [1.165, 1.54) is 0 Å². The largest absolute Gasteiger partial charge is 0.351 e. The normalized spacial score (nSPS) is 11.1. The zero-order chi connectivity index (χ0) is 18.6. The zero-order valence-electron chi connectivity index (χ0n) is 14.3. The smallest absolute Gasteiger partial charge is 0.239 e. The van der Waals surface area contributed by atoms with Gasteiger partial charge in [-0.3, -0.25) is 9.59 Å². The summed E-state index contributed by atoms with van der Waals surface area (Å²) in [7, 11) is 0. The second-order valence-electron chi connectivity index (χ2n) is 6.35. The van der Waals surface area contributed by atoms with Gasteiger partial charge in [-0.15, -0.1) is 0 Å². The molecular weight excluding hydrogens is 359 g/mol. The standard InChI is InChI=1S/C19H20Cl2N2O2/c1-12-6-4-7-13(10-12)11-22-17(24)19(2,3)18(25)23-16-14(20)8-5-9-15(16)21/h4-10H,11H2,1-3H3,(H,22,24)(H,23,25). The van der Waals surface area contributed by atoms with E-state index in [0.717, 1.165) is 11.1 Å². The minimum Gasteiger partial charge on any atom is -0.351 e. The van der Waals surface area contributed by atoms with Gasteiger partial charge in [0.2, 0.25) is 11.8 Å². The summed E-state index contributed by atoms with van der Waals surface area (Å²) in [5, 5.41) is 6.07. The molecule has 0 saturated heterocycles. The predicted molar refractivity (Wildman–Crippen MR) is 102 cm³/mol. The van der Waals surface area contributed by atoms with Crippen LogP contribution in [0.5, 0.6) is 0 Å². The van der Waals surface area contributed by atoms with E-state index in [0.29, 0.717) is 22.3 Å². The average Bonchev–Trinajstić information content (AvgIpc) is 2.55. The lowest BCUT2D eigenvalue weighted by Gasteiger charge is -2.23. The van der Waals surface area contributed by atoms with Gasteiger partial charge in [0.25, 0.3) is 0 Å². The maximum Gasteiger partial charge on any atom is 0.239 e. The number of hydrogen-bond acceptors (Lipinski definition) is 2. The molecule has 0 spiro atoms. The third-order valence-electron chi connectivity index (χ3n) is 3.87. The van der Waals surface area contributed by atoms with Crippen LogP contribution in [-0.2, 0) is 16.1 Å². The number of carbonyl (C=O) groups is 2. The number of benzene rings is 2. The van der Waals surface area contributed by atoms with Crippen molar-refractivity contribution >= 4 is 40.7 Å². The molecule has 0 aliphatic carbocycles. The molecule has 2 aromatic carbocycles. The summed E-state index contributed by atoms with van der Waals surface area (Å²) >= 11 is 12.1. The number of anilines is 1. The fourth-order valence-corrected chi connectivity index (χ4v) is 2.71. The Hall–Kier alpha value is -2.04. The Labute approximate surface area is 157 Å². The maximum atomic E-state index is 12.6. The molecule has 0 saturated carbocycles. The van der Waals surface area contributed by atoms with Crippen LogP contribution >= 0.6 is 23.2 Å². The molecule has 6 heteroatoms. The fraction of sp³-hybridized carbons (Fsp3) is 0.263. The van der Waals surface area contributed by atoms with Gasteiger partial charge in [-0.1, -0.05) is 59.1 Å². The first-order chi connectivity index (χ1) is 11.7. The van der Waals surface area contributed by atoms with E-state index in [1.807, 2.05) is 31.2 Å². The van der Waals surface area contributed by atoms with E-state index in [2.05, 4.69) is 10.6 Å². The number of carbonyl (C=O) groups excluding carboxylic acids is 2. The molecule has 2 amide bonds. The Bertz CT molecular complexity index is 784.